The molecule has 0 spiro atoms. The maximum Gasteiger partial charge on any atom is 0.251 e. The summed E-state index contributed by atoms with van der Waals surface area (Å²) in [6.07, 6.45) is 6.19. The van der Waals surface area contributed by atoms with Gasteiger partial charge in [0.25, 0.3) is 5.91 Å². The van der Waals surface area contributed by atoms with Gasteiger partial charge in [0.15, 0.2) is 23.2 Å². The number of alkyl halides is 1. The number of benzene rings is 1. The Morgan fingerprint density at radius 1 is 1.16 bits per heavy atom. The van der Waals surface area contributed by atoms with E-state index in [4.69, 9.17) is 11.6 Å². The Kier molecular flexibility index (Phi) is 11.2. The summed E-state index contributed by atoms with van der Waals surface area (Å²) >= 11 is 5.74. The van der Waals surface area contributed by atoms with Crippen molar-refractivity contribution in [3.8, 4) is 5.75 Å². The molecule has 2 amide bonds. The average Bonchev–Trinajstić information content (AvgIpc) is 2.77. The maximum absolute atomic E-state index is 13.5. The quantitative estimate of drug-likeness (QED) is 0.160. The van der Waals surface area contributed by atoms with Crippen molar-refractivity contribution in [3.63, 3.8) is 0 Å². The zero-order chi connectivity index (χ0) is 24.3. The van der Waals surface area contributed by atoms with Crippen LogP contribution in [-0.2, 0) is 14.4 Å². The second kappa shape index (κ2) is 13.3. The summed E-state index contributed by atoms with van der Waals surface area (Å²) in [7, 11) is 0. The maximum atomic E-state index is 13.5. The molecule has 0 fully saturated rings. The molecule has 6 nitrogen and oxygen atoms in total. The number of amides is 2. The highest BCUT2D eigenvalue weighted by atomic mass is 35.5. The van der Waals surface area contributed by atoms with Gasteiger partial charge in [-0.05, 0) is 13.0 Å². The van der Waals surface area contributed by atoms with Crippen molar-refractivity contribution >= 4 is 29.2 Å². The van der Waals surface area contributed by atoms with Gasteiger partial charge in [0.05, 0.1) is 12.5 Å². The first-order valence-corrected chi connectivity index (χ1v) is 9.74. The fourth-order valence-electron chi connectivity index (χ4n) is 2.18. The summed E-state index contributed by atoms with van der Waals surface area (Å²) in [5.74, 6) is -11.4. The number of nitrogens with one attached hydrogen (secondary N) is 2. The highest BCUT2D eigenvalue weighted by Gasteiger charge is 2.22. The zero-order valence-corrected chi connectivity index (χ0v) is 17.8. The van der Waals surface area contributed by atoms with Crippen molar-refractivity contribution in [2.45, 2.75) is 6.92 Å². The monoisotopic (exact) mass is 476 g/mol. The molecule has 0 bridgehead atoms. The van der Waals surface area contributed by atoms with Gasteiger partial charge in [-0.1, -0.05) is 24.8 Å². The van der Waals surface area contributed by atoms with Crippen LogP contribution in [0.25, 0.3) is 0 Å². The Hall–Kier alpha value is -3.14. The van der Waals surface area contributed by atoms with Crippen LogP contribution in [0.4, 0.5) is 17.6 Å². The Labute approximate surface area is 186 Å². The van der Waals surface area contributed by atoms with Crippen LogP contribution in [0, 0.1) is 29.2 Å². The van der Waals surface area contributed by atoms with E-state index in [1.807, 2.05) is 0 Å². The molecule has 0 saturated carbocycles. The normalized spacial score (nSPS) is 12.4. The van der Waals surface area contributed by atoms with Crippen molar-refractivity contribution in [1.82, 2.24) is 10.6 Å². The van der Waals surface area contributed by atoms with Gasteiger partial charge in [-0.25, -0.2) is 8.78 Å². The minimum Gasteiger partial charge on any atom is -0.479 e. The lowest BCUT2D eigenvalue weighted by molar-refractivity contribution is -0.128. The predicted octanol–water partition coefficient (Wildman–Crippen LogP) is 2.97. The first-order chi connectivity index (χ1) is 15.2. The van der Waals surface area contributed by atoms with Gasteiger partial charge in [-0.2, -0.15) is 8.78 Å². The molecule has 0 aliphatic heterocycles. The highest BCUT2D eigenvalue weighted by molar-refractivity contribution is 6.19. The third-order valence-corrected chi connectivity index (χ3v) is 4.30. The summed E-state index contributed by atoms with van der Waals surface area (Å²) in [4.78, 5) is 36.1. The van der Waals surface area contributed by atoms with E-state index in [1.165, 1.54) is 12.2 Å². The van der Waals surface area contributed by atoms with Gasteiger partial charge < -0.3 is 15.4 Å². The van der Waals surface area contributed by atoms with E-state index >= 15 is 0 Å². The summed E-state index contributed by atoms with van der Waals surface area (Å²) in [5.41, 5.74) is 0.261. The lowest BCUT2D eigenvalue weighted by Crippen LogP contribution is -2.42. The van der Waals surface area contributed by atoms with Crippen molar-refractivity contribution in [1.29, 1.82) is 0 Å². The molecule has 1 aromatic carbocycles. The molecule has 0 radical (unpaired) electrons. The Morgan fingerprint density at radius 3 is 2.31 bits per heavy atom. The van der Waals surface area contributed by atoms with Crippen molar-refractivity contribution in [2.24, 2.45) is 5.92 Å². The number of hydrogen-bond acceptors (Lipinski definition) is 4. The fourth-order valence-corrected chi connectivity index (χ4v) is 2.43. The number of allylic oxidation sites excluding steroid dienone is 3. The molecule has 174 valence electrons. The molecular formula is C21H21ClF4N2O4. The molecule has 11 heteroatoms. The molecule has 0 aliphatic rings. The molecule has 0 heterocycles. The summed E-state index contributed by atoms with van der Waals surface area (Å²) in [6.45, 7) is 3.57. The van der Waals surface area contributed by atoms with E-state index in [-0.39, 0.29) is 24.1 Å². The number of halogens is 5. The van der Waals surface area contributed by atoms with Gasteiger partial charge in [-0.15, -0.1) is 11.6 Å². The van der Waals surface area contributed by atoms with E-state index < -0.39 is 65.7 Å². The number of Topliss-reactive ketones (excluding diaryl/α,β-unsaturated/α-hetero) is 1. The number of ketones is 1. The Bertz CT molecular complexity index is 909. The van der Waals surface area contributed by atoms with Gasteiger partial charge in [0.2, 0.25) is 17.5 Å². The summed E-state index contributed by atoms with van der Waals surface area (Å²) < 4.78 is 57.8. The third kappa shape index (κ3) is 7.84. The van der Waals surface area contributed by atoms with Crippen LogP contribution >= 0.6 is 11.6 Å². The first-order valence-electron chi connectivity index (χ1n) is 9.20. The Balaban J connectivity index is 2.58. The van der Waals surface area contributed by atoms with E-state index in [2.05, 4.69) is 21.9 Å². The number of carbonyl (C=O) groups is 3. The third-order valence-electron chi connectivity index (χ3n) is 3.93. The average molecular weight is 477 g/mol. The van der Waals surface area contributed by atoms with Crippen LogP contribution in [0.1, 0.15) is 6.92 Å². The fraction of sp³-hybridized carbons (Fsp3) is 0.286. The van der Waals surface area contributed by atoms with Crippen molar-refractivity contribution in [3.05, 3.63) is 65.8 Å². The number of rotatable bonds is 12. The minimum absolute atomic E-state index is 0.00104. The smallest absolute Gasteiger partial charge is 0.251 e. The molecule has 0 aliphatic carbocycles. The van der Waals surface area contributed by atoms with Gasteiger partial charge >= 0.3 is 0 Å². The second-order valence-corrected chi connectivity index (χ2v) is 6.56. The molecule has 1 rings (SSSR count). The van der Waals surface area contributed by atoms with Crippen molar-refractivity contribution in [2.75, 3.05) is 25.6 Å². The molecule has 1 atom stereocenters. The van der Waals surface area contributed by atoms with E-state index in [0.717, 1.165) is 0 Å². The van der Waals surface area contributed by atoms with Crippen LogP contribution in [0.15, 0.2) is 42.5 Å². The van der Waals surface area contributed by atoms with E-state index in [1.54, 1.807) is 19.1 Å². The van der Waals surface area contributed by atoms with Crippen LogP contribution < -0.4 is 15.4 Å². The van der Waals surface area contributed by atoms with Crippen LogP contribution in [0.3, 0.4) is 0 Å². The van der Waals surface area contributed by atoms with Crippen LogP contribution in [-0.4, -0.2) is 43.2 Å². The topological polar surface area (TPSA) is 84.5 Å². The standard InChI is InChI=1S/C21H21ClF4N2O4/c1-3-5-6-12(4-2)20(30)27-9-13(8-22)21(31)28-10-14(29)11-32-19-17(25)15(23)7-16(24)18(19)26/h3-7,13H,2,8-11H2,1H3,(H,27,30)(H,28,31)/b5-3-,12-6+. The zero-order valence-electron chi connectivity index (χ0n) is 17.0. The molecule has 32 heavy (non-hydrogen) atoms. The number of hydrogen-bond donors (Lipinski definition) is 2. The molecule has 0 aromatic heterocycles. The van der Waals surface area contributed by atoms with E-state index in [9.17, 15) is 31.9 Å². The summed E-state index contributed by atoms with van der Waals surface area (Å²) in [6, 6.07) is -0.00104. The van der Waals surface area contributed by atoms with Crippen molar-refractivity contribution < 1.29 is 36.7 Å². The molecular weight excluding hydrogens is 456 g/mol. The lowest BCUT2D eigenvalue weighted by atomic mass is 10.1. The Morgan fingerprint density at radius 2 is 1.78 bits per heavy atom. The molecule has 1 unspecified atom stereocenters. The molecule has 1 aromatic rings. The summed E-state index contributed by atoms with van der Waals surface area (Å²) in [5, 5.41) is 4.75. The van der Waals surface area contributed by atoms with Gasteiger partial charge in [0.1, 0.15) is 6.61 Å². The largest absolute Gasteiger partial charge is 0.479 e. The van der Waals surface area contributed by atoms with Crippen LogP contribution in [0.2, 0.25) is 0 Å². The van der Waals surface area contributed by atoms with Crippen LogP contribution in [0.5, 0.6) is 5.75 Å². The highest BCUT2D eigenvalue weighted by Crippen LogP contribution is 2.26. The minimum atomic E-state index is -1.79. The van der Waals surface area contributed by atoms with Gasteiger partial charge in [-0.3, -0.25) is 14.4 Å². The van der Waals surface area contributed by atoms with E-state index in [0.29, 0.717) is 0 Å². The molecule has 0 saturated heterocycles. The number of carbonyl (C=O) groups excluding carboxylic acids is 3. The SMILES string of the molecule is C=C/C(=C\C=C/C)C(=O)NCC(CCl)C(=O)NCC(=O)COc1c(F)c(F)cc(F)c1F. The lowest BCUT2D eigenvalue weighted by Gasteiger charge is -2.15. The molecule has 2 N–H and O–H groups in total. The first kappa shape index (κ1) is 26.9. The number of ether oxygens (including phenoxy) is 1. The second-order valence-electron chi connectivity index (χ2n) is 6.26. The van der Waals surface area contributed by atoms with Gasteiger partial charge in [0, 0.05) is 24.1 Å². The predicted molar refractivity (Wildman–Crippen MR) is 110 cm³/mol.